The summed E-state index contributed by atoms with van der Waals surface area (Å²) >= 11 is 3.49. The zero-order valence-corrected chi connectivity index (χ0v) is 38.7. The molecule has 0 bridgehead atoms. The summed E-state index contributed by atoms with van der Waals surface area (Å²) in [4.78, 5) is 67.9. The summed E-state index contributed by atoms with van der Waals surface area (Å²) in [6, 6.07) is 22.9. The predicted molar refractivity (Wildman–Crippen MR) is 255 cm³/mol. The van der Waals surface area contributed by atoms with Crippen LogP contribution in [0.5, 0.6) is 0 Å². The molecule has 8 rings (SSSR count). The van der Waals surface area contributed by atoms with Gasteiger partial charge in [-0.05, 0) is 60.7 Å². The van der Waals surface area contributed by atoms with Crippen LogP contribution in [0.1, 0.15) is 75.8 Å². The Kier molecular flexibility index (Phi) is 16.8. The number of hydrogen-bond acceptors (Lipinski definition) is 11. The molecule has 7 aromatic rings. The summed E-state index contributed by atoms with van der Waals surface area (Å²) in [6.45, 7) is 8.69. The predicted octanol–water partition coefficient (Wildman–Crippen LogP) is 9.49. The molecule has 336 valence electrons. The summed E-state index contributed by atoms with van der Waals surface area (Å²) in [5.74, 6) is 1.36. The van der Waals surface area contributed by atoms with Crippen molar-refractivity contribution in [2.45, 2.75) is 65.1 Å². The molecule has 5 heterocycles. The fourth-order valence-corrected chi connectivity index (χ4v) is 10.0. The van der Waals surface area contributed by atoms with E-state index in [4.69, 9.17) is 14.5 Å². The molecule has 2 atom stereocenters. The number of likely N-dealkylation sites (tertiary alicyclic amines) is 1. The van der Waals surface area contributed by atoms with Crippen LogP contribution in [0.2, 0.25) is 0 Å². The Hall–Kier alpha value is -6.36. The molecule has 1 saturated heterocycles. The number of benzene rings is 3. The van der Waals surface area contributed by atoms with Crippen LogP contribution in [0.25, 0.3) is 53.9 Å². The molecule has 0 spiro atoms. The van der Waals surface area contributed by atoms with Gasteiger partial charge in [0.15, 0.2) is 0 Å². The number of nitrogens with one attached hydrogen (secondary N) is 4. The van der Waals surface area contributed by atoms with Gasteiger partial charge in [0, 0.05) is 35.0 Å². The van der Waals surface area contributed by atoms with E-state index < -0.39 is 12.1 Å². The molecule has 4 aromatic heterocycles. The van der Waals surface area contributed by atoms with Crippen LogP contribution in [0, 0.1) is 0 Å². The topological polar surface area (TPSA) is 175 Å². The Morgan fingerprint density at radius 3 is 2.23 bits per heavy atom. The highest BCUT2D eigenvalue weighted by Gasteiger charge is 2.37. The molecule has 0 aliphatic carbocycles. The summed E-state index contributed by atoms with van der Waals surface area (Å²) in [7, 11) is 4.38. The highest BCUT2D eigenvalue weighted by atomic mass is 32.1. The number of imidazole rings is 2. The second-order valence-electron chi connectivity index (χ2n) is 15.2. The van der Waals surface area contributed by atoms with Crippen molar-refractivity contribution >= 4 is 67.5 Å². The van der Waals surface area contributed by atoms with Gasteiger partial charge in [-0.2, -0.15) is 0 Å². The molecule has 1 unspecified atom stereocenters. The van der Waals surface area contributed by atoms with Crippen molar-refractivity contribution in [3.05, 3.63) is 107 Å². The first kappa shape index (κ1) is 47.1. The smallest absolute Gasteiger partial charge is 0.407 e. The summed E-state index contributed by atoms with van der Waals surface area (Å²) < 4.78 is 11.2. The highest BCUT2D eigenvalue weighted by Crippen LogP contribution is 2.45. The number of alkyl carbamates (subject to hydrolysis) is 1. The number of aromatic amines is 2. The fraction of sp³-hybridized carbons (Fsp3) is 0.333. The van der Waals surface area contributed by atoms with E-state index >= 15 is 0 Å². The molecule has 1 aliphatic heterocycles. The van der Waals surface area contributed by atoms with E-state index in [9.17, 15) is 14.4 Å². The zero-order valence-electron chi connectivity index (χ0n) is 37.1. The lowest BCUT2D eigenvalue weighted by Gasteiger charge is -2.28. The Balaban J connectivity index is 0.000000909. The summed E-state index contributed by atoms with van der Waals surface area (Å²) in [6.07, 6.45) is 4.90. The number of hydrogen-bond donors (Lipinski definition) is 4. The van der Waals surface area contributed by atoms with Crippen molar-refractivity contribution < 1.29 is 28.7 Å². The van der Waals surface area contributed by atoms with Gasteiger partial charge in [-0.15, -0.1) is 22.7 Å². The van der Waals surface area contributed by atoms with Crippen LogP contribution in [0.15, 0.2) is 89.8 Å². The Labute approximate surface area is 381 Å². The molecule has 0 radical (unpaired) electrons. The van der Waals surface area contributed by atoms with Crippen LogP contribution >= 0.6 is 22.7 Å². The minimum absolute atomic E-state index is 0.0585. The highest BCUT2D eigenvalue weighted by molar-refractivity contribution is 7.27. The third kappa shape index (κ3) is 11.0. The van der Waals surface area contributed by atoms with E-state index in [1.165, 1.54) is 41.2 Å². The van der Waals surface area contributed by atoms with Gasteiger partial charge < -0.3 is 39.9 Å². The summed E-state index contributed by atoms with van der Waals surface area (Å²) in [5, 5.41) is 10.1. The van der Waals surface area contributed by atoms with E-state index in [0.717, 1.165) is 64.3 Å². The normalized spacial score (nSPS) is 13.7. The average Bonchev–Trinajstić information content (AvgIpc) is 4.18. The molecule has 14 nitrogen and oxygen atoms in total. The Morgan fingerprint density at radius 2 is 1.59 bits per heavy atom. The van der Waals surface area contributed by atoms with Gasteiger partial charge in [0.05, 0.1) is 65.7 Å². The maximum atomic E-state index is 14.0. The minimum Gasteiger partial charge on any atom is -0.471 e. The van der Waals surface area contributed by atoms with Crippen molar-refractivity contribution in [3.8, 4) is 33.5 Å². The monoisotopic (exact) mass is 904 g/mol. The number of likely N-dealkylation sites (N-methyl/N-ethyl adjacent to an activating group) is 1. The minimum atomic E-state index is -0.872. The van der Waals surface area contributed by atoms with Gasteiger partial charge in [0.1, 0.15) is 17.7 Å². The second-order valence-corrected chi connectivity index (χ2v) is 16.9. The lowest BCUT2D eigenvalue weighted by molar-refractivity contribution is -0.134. The van der Waals surface area contributed by atoms with Crippen molar-refractivity contribution in [1.29, 1.82) is 0 Å². The van der Waals surface area contributed by atoms with Gasteiger partial charge in [-0.1, -0.05) is 87.9 Å². The number of methoxy groups -OCH3 is 2. The van der Waals surface area contributed by atoms with Crippen LogP contribution in [0.4, 0.5) is 4.79 Å². The largest absolute Gasteiger partial charge is 0.471 e. The Bertz CT molecular complexity index is 2620. The van der Waals surface area contributed by atoms with E-state index in [1.807, 2.05) is 52.4 Å². The third-order valence-electron chi connectivity index (χ3n) is 10.5. The van der Waals surface area contributed by atoms with E-state index in [-0.39, 0.29) is 17.9 Å². The number of carbonyl (C=O) groups excluding carboxylic acids is 4. The van der Waals surface area contributed by atoms with Crippen LogP contribution < -0.4 is 10.6 Å². The number of thiophene rings is 2. The number of nitrogens with zero attached hydrogens (tertiary/aromatic N) is 4. The molecule has 1 aliphatic rings. The van der Waals surface area contributed by atoms with Crippen molar-refractivity contribution in [2.24, 2.45) is 0 Å². The molecule has 64 heavy (non-hydrogen) atoms. The van der Waals surface area contributed by atoms with Crippen LogP contribution in [-0.2, 0) is 30.4 Å². The van der Waals surface area contributed by atoms with E-state index in [1.54, 1.807) is 29.7 Å². The van der Waals surface area contributed by atoms with Crippen molar-refractivity contribution in [3.63, 3.8) is 0 Å². The number of rotatable bonds is 14. The second kappa shape index (κ2) is 22.8. The van der Waals surface area contributed by atoms with Gasteiger partial charge >= 0.3 is 6.09 Å². The molecule has 3 aromatic carbocycles. The third-order valence-corrected chi connectivity index (χ3v) is 12.7. The number of H-pyrrole nitrogens is 2. The Morgan fingerprint density at radius 1 is 0.938 bits per heavy atom. The van der Waals surface area contributed by atoms with E-state index in [2.05, 4.69) is 98.3 Å². The van der Waals surface area contributed by atoms with Gasteiger partial charge in [-0.3, -0.25) is 14.4 Å². The number of aromatic nitrogens is 4. The first-order valence-corrected chi connectivity index (χ1v) is 23.2. The SMILES string of the molecule is CCC.CCCN(Cc1ncc(-c2ccc(-c3csc4c(-c5ccc6nc(C7CCCN7C(=O)[C@H](NC(=O)OC)c7ccccc7)[nH]c6c5)csc34)cc2)[nH]1)C(=O)CNC.COC=O. The zero-order chi connectivity index (χ0) is 45.6. The van der Waals surface area contributed by atoms with Gasteiger partial charge in [0.25, 0.3) is 12.4 Å². The first-order valence-electron chi connectivity index (χ1n) is 21.4. The lowest BCUT2D eigenvalue weighted by Crippen LogP contribution is -2.42. The fourth-order valence-electron chi connectivity index (χ4n) is 7.59. The maximum Gasteiger partial charge on any atom is 0.407 e. The number of amides is 3. The standard InChI is InChI=1S/C43H44N8O4S2.C3H8.C2H4O2/c1-4-18-50(37(52)22-44-2)23-36-45-21-34(46-36)27-14-12-26(13-15-27)30-24-56-40-31(25-57-39(30)40)29-16-17-32-33(20-29)48-41(47-32)35-11-8-19-51(35)42(53)38(49-43(54)55-3)28-9-6-5-7-10-28;1-3-2;1-4-2-3/h5-7,9-10,12-17,20-21,24-25,35,38,44H,4,8,11,18-19,22-23H2,1-3H3,(H,45,46)(H,47,48)(H,49,54);3H2,1-2H3;2H,1H3/t35?,38-;;/m1../s1. The van der Waals surface area contributed by atoms with Gasteiger partial charge in [0.2, 0.25) is 5.91 Å². The molecular weight excluding hydrogens is 849 g/mol. The quantitative estimate of drug-likeness (QED) is 0.0775. The molecule has 4 N–H and O–H groups in total. The molecular formula is C48H56N8O6S2. The molecule has 3 amide bonds. The van der Waals surface area contributed by atoms with Crippen LogP contribution in [-0.4, -0.2) is 95.0 Å². The first-order chi connectivity index (χ1) is 31.2. The number of carbonyl (C=O) groups is 4. The summed E-state index contributed by atoms with van der Waals surface area (Å²) in [5.41, 5.74) is 9.00. The molecule has 16 heteroatoms. The lowest BCUT2D eigenvalue weighted by atomic mass is 10.0. The van der Waals surface area contributed by atoms with E-state index in [0.29, 0.717) is 38.2 Å². The molecule has 0 saturated carbocycles. The van der Waals surface area contributed by atoms with Crippen molar-refractivity contribution in [1.82, 2.24) is 40.4 Å². The van der Waals surface area contributed by atoms with Gasteiger partial charge in [-0.25, -0.2) is 14.8 Å². The number of fused-ring (bicyclic) bond motifs is 2. The van der Waals surface area contributed by atoms with Crippen LogP contribution in [0.3, 0.4) is 0 Å². The average molecular weight is 905 g/mol. The molecule has 1 fully saturated rings. The van der Waals surface area contributed by atoms with Crippen molar-refractivity contribution in [2.75, 3.05) is 40.9 Å². The maximum absolute atomic E-state index is 14.0. The number of ether oxygens (including phenoxy) is 2.